The van der Waals surface area contributed by atoms with Gasteiger partial charge in [-0.2, -0.15) is 0 Å². The number of carbonyl (C=O) groups is 3. The van der Waals surface area contributed by atoms with Crippen molar-refractivity contribution >= 4 is 40.3 Å². The number of ether oxygens (including phenoxy) is 1. The maximum Gasteiger partial charge on any atom is 0.337 e. The number of methoxy groups -OCH3 is 1. The Labute approximate surface area is 269 Å². The Bertz CT molecular complexity index is 2360. The number of benzene rings is 3. The van der Waals surface area contributed by atoms with Gasteiger partial charge in [-0.3, -0.25) is 14.5 Å². The Hall–Kier alpha value is -4.27. The molecule has 2 heterocycles. The smallest absolute Gasteiger partial charge is 0.337 e. The summed E-state index contributed by atoms with van der Waals surface area (Å²) in [7, 11) is 1.85. The summed E-state index contributed by atoms with van der Waals surface area (Å²) in [5.41, 5.74) is -3.49. The van der Waals surface area contributed by atoms with E-state index in [4.69, 9.17) is 27.4 Å². The molecule has 0 radical (unpaired) electrons. The molecule has 8 heteroatoms. The zero-order chi connectivity index (χ0) is 46.7. The van der Waals surface area contributed by atoms with Crippen molar-refractivity contribution in [2.45, 2.75) is 19.4 Å². The molecule has 0 spiro atoms. The Morgan fingerprint density at radius 3 is 2.63 bits per heavy atom. The monoisotopic (exact) mass is 572 g/mol. The minimum absolute atomic E-state index is 0.0556. The standard InChI is InChI=1S/C33H36N4O4/c1-22-20-37(17-16-35(22)2)21-30(38)36(3)26-13-10-23(11-14-26)18-28(24-8-6-5-7-9-24)31-27-15-12-25(33(40)41-4)19-29(27)34-32(31)39/h5-15,19,22H,16-18,20-21H2,1-4H3,(H,34,39)/b31-28+/i3D3,5D,6D,7D,8D,9D,12D,15D,16D2,17D2,19D,20D2,21D2,22D. The first-order chi connectivity index (χ1) is 27.7. The maximum absolute atomic E-state index is 14.1. The van der Waals surface area contributed by atoms with E-state index in [0.29, 0.717) is 4.90 Å². The van der Waals surface area contributed by atoms with Crippen molar-refractivity contribution in [3.05, 3.63) is 94.9 Å². The van der Waals surface area contributed by atoms with Gasteiger partial charge in [0.05, 0.1) is 38.5 Å². The number of nitrogens with one attached hydrogen (secondary N) is 1. The van der Waals surface area contributed by atoms with Crippen molar-refractivity contribution in [1.29, 1.82) is 0 Å². The highest BCUT2D eigenvalue weighted by atomic mass is 16.5. The predicted octanol–water partition coefficient (Wildman–Crippen LogP) is 4.18. The van der Waals surface area contributed by atoms with Crippen LogP contribution in [-0.4, -0.2) is 80.7 Å². The molecule has 0 saturated carbocycles. The predicted molar refractivity (Wildman–Crippen MR) is 162 cm³/mol. The van der Waals surface area contributed by atoms with Gasteiger partial charge >= 0.3 is 5.97 Å². The van der Waals surface area contributed by atoms with Crippen LogP contribution in [0.15, 0.2) is 72.6 Å². The molecule has 8 nitrogen and oxygen atoms in total. The Kier molecular flexibility index (Phi) is 3.75. The number of nitrogens with zero attached hydrogens (tertiary/aromatic N) is 3. The normalized spacial score (nSPS) is 31.6. The third-order valence-electron chi connectivity index (χ3n) is 6.11. The molecule has 2 amide bonds. The van der Waals surface area contributed by atoms with Crippen LogP contribution in [0.4, 0.5) is 11.4 Å². The summed E-state index contributed by atoms with van der Waals surface area (Å²) < 4.78 is 174. The van der Waals surface area contributed by atoms with E-state index in [9.17, 15) is 14.4 Å². The lowest BCUT2D eigenvalue weighted by Gasteiger charge is -2.37. The summed E-state index contributed by atoms with van der Waals surface area (Å²) in [5.74, 6) is -4.31. The van der Waals surface area contributed by atoms with Gasteiger partial charge in [0, 0.05) is 63.1 Å². The zero-order valence-electron chi connectivity index (χ0n) is 42.0. The third-order valence-corrected chi connectivity index (χ3v) is 6.11. The number of carbonyl (C=O) groups excluding carboxylic acids is 3. The molecule has 2 aliphatic heterocycles. The van der Waals surface area contributed by atoms with Gasteiger partial charge in [0.2, 0.25) is 5.91 Å². The Morgan fingerprint density at radius 1 is 1.17 bits per heavy atom. The number of hydrogen-bond acceptors (Lipinski definition) is 6. The van der Waals surface area contributed by atoms with Crippen LogP contribution < -0.4 is 10.2 Å². The largest absolute Gasteiger partial charge is 0.465 e. The van der Waals surface area contributed by atoms with Crippen LogP contribution in [0.3, 0.4) is 0 Å². The van der Waals surface area contributed by atoms with Crippen LogP contribution in [0.5, 0.6) is 0 Å². The lowest BCUT2D eigenvalue weighted by Crippen LogP contribution is -2.52. The number of piperazine rings is 1. The van der Waals surface area contributed by atoms with Gasteiger partial charge in [0.25, 0.3) is 5.91 Å². The molecule has 3 aromatic rings. The van der Waals surface area contributed by atoms with E-state index < -0.39 is 150 Å². The van der Waals surface area contributed by atoms with E-state index in [-0.39, 0.29) is 16.0 Å². The SMILES string of the molecule is [2H]c1c([2H])c([2H])c(/C(Cc2ccc(N(C(=O)C([2H])([2H])N3C([2H])([2H])C([2H])([2H])N(C)C([2H])(C)C3([2H])[2H])C([2H])([2H])[2H])cc2)=C2/C(=O)Nc3c([2H])c(C(=O)OC)c([2H])c([2H])c32)c([2H])c1[2H]. The molecule has 3 aromatic carbocycles. The molecule has 212 valence electrons. The van der Waals surface area contributed by atoms with E-state index in [2.05, 4.69) is 10.1 Å². The summed E-state index contributed by atoms with van der Waals surface area (Å²) >= 11 is 0. The molecule has 1 fully saturated rings. The highest BCUT2D eigenvalue weighted by Crippen LogP contribution is 2.39. The molecule has 1 atom stereocenters. The van der Waals surface area contributed by atoms with E-state index >= 15 is 0 Å². The van der Waals surface area contributed by atoms with Crippen molar-refractivity contribution in [1.82, 2.24) is 9.80 Å². The summed E-state index contributed by atoms with van der Waals surface area (Å²) in [6, 6.07) is -4.99. The van der Waals surface area contributed by atoms with Crippen LogP contribution in [0, 0.1) is 0 Å². The lowest BCUT2D eigenvalue weighted by molar-refractivity contribution is -0.120. The molecule has 2 aliphatic rings. The minimum Gasteiger partial charge on any atom is -0.465 e. The summed E-state index contributed by atoms with van der Waals surface area (Å²) in [6.07, 6.45) is -0.573. The lowest BCUT2D eigenvalue weighted by atomic mass is 9.90. The molecule has 1 saturated heterocycles. The average molecular weight is 573 g/mol. The van der Waals surface area contributed by atoms with Crippen molar-refractivity contribution in [2.75, 3.05) is 57.3 Å². The van der Waals surface area contributed by atoms with Crippen LogP contribution in [-0.2, 0) is 20.7 Å². The molecule has 0 aromatic heterocycles. The Morgan fingerprint density at radius 2 is 1.93 bits per heavy atom. The number of hydrogen-bond donors (Lipinski definition) is 1. The second kappa shape index (κ2) is 12.1. The highest BCUT2D eigenvalue weighted by Gasteiger charge is 2.29. The molecule has 41 heavy (non-hydrogen) atoms. The van der Waals surface area contributed by atoms with Crippen LogP contribution in [0.1, 0.15) is 61.4 Å². The summed E-state index contributed by atoms with van der Waals surface area (Å²) in [4.78, 5) is 40.2. The second-order valence-electron chi connectivity index (χ2n) is 8.71. The first kappa shape index (κ1) is 12.7. The quantitative estimate of drug-likeness (QED) is 0.338. The van der Waals surface area contributed by atoms with Gasteiger partial charge in [0.15, 0.2) is 0 Å². The van der Waals surface area contributed by atoms with Crippen LogP contribution in [0.2, 0.25) is 0 Å². The van der Waals surface area contributed by atoms with E-state index in [1.165, 1.54) is 0 Å². The van der Waals surface area contributed by atoms with E-state index in [0.717, 1.165) is 45.3 Å². The van der Waals surface area contributed by atoms with Gasteiger partial charge in [-0.15, -0.1) is 0 Å². The second-order valence-corrected chi connectivity index (χ2v) is 8.71. The first-order valence-corrected chi connectivity index (χ1v) is 12.0. The molecular formula is C33H36N4O4. The number of anilines is 2. The van der Waals surface area contributed by atoms with Gasteiger partial charge in [-0.1, -0.05) is 48.4 Å². The number of likely N-dealkylation sites (N-methyl/N-ethyl adjacent to an activating group) is 2. The number of allylic oxidation sites excluding steroid dienone is 1. The van der Waals surface area contributed by atoms with E-state index in [1.54, 1.807) is 0 Å². The third kappa shape index (κ3) is 6.09. The minimum atomic E-state index is -4.01. The van der Waals surface area contributed by atoms with Gasteiger partial charge < -0.3 is 19.9 Å². The van der Waals surface area contributed by atoms with Crippen molar-refractivity contribution in [2.24, 2.45) is 0 Å². The number of amides is 2. The first-order valence-electron chi connectivity index (χ1n) is 22.0. The topological polar surface area (TPSA) is 82.2 Å². The van der Waals surface area contributed by atoms with Crippen LogP contribution in [0.25, 0.3) is 11.1 Å². The Balaban J connectivity index is 1.70. The van der Waals surface area contributed by atoms with Gasteiger partial charge in [0.1, 0.15) is 0 Å². The number of rotatable bonds is 7. The summed E-state index contributed by atoms with van der Waals surface area (Å²) in [5, 5.41) is 2.35. The zero-order valence-corrected chi connectivity index (χ0v) is 22.0. The fourth-order valence-electron chi connectivity index (χ4n) is 3.93. The maximum atomic E-state index is 14.1. The highest BCUT2D eigenvalue weighted by molar-refractivity contribution is 6.37. The molecule has 1 N–H and O–H groups in total. The number of fused-ring (bicyclic) bond motifs is 1. The van der Waals surface area contributed by atoms with E-state index in [1.807, 2.05) is 0 Å². The fourth-order valence-corrected chi connectivity index (χ4v) is 3.93. The van der Waals surface area contributed by atoms with Crippen molar-refractivity contribution in [3.8, 4) is 0 Å². The molecule has 0 bridgehead atoms. The van der Waals surface area contributed by atoms with Crippen LogP contribution >= 0.6 is 0 Å². The fraction of sp³-hybridized carbons (Fsp3) is 0.303. The van der Waals surface area contributed by atoms with Crippen molar-refractivity contribution < 1.29 is 46.5 Å². The molecule has 5 rings (SSSR count). The molecular weight excluding hydrogens is 516 g/mol. The summed E-state index contributed by atoms with van der Waals surface area (Å²) in [6.45, 7) is -17.3. The number of esters is 1. The van der Waals surface area contributed by atoms with Crippen molar-refractivity contribution in [3.63, 3.8) is 0 Å². The van der Waals surface area contributed by atoms with Gasteiger partial charge in [-0.25, -0.2) is 4.79 Å². The molecule has 0 aliphatic carbocycles. The average Bonchev–Trinajstić information content (AvgIpc) is 3.50. The molecule has 1 unspecified atom stereocenters. The van der Waals surface area contributed by atoms with Gasteiger partial charge in [-0.05, 0) is 61.3 Å².